The highest BCUT2D eigenvalue weighted by Gasteiger charge is 2.63. The maximum absolute atomic E-state index is 10.4. The molecule has 1 N–H and O–H groups in total. The van der Waals surface area contributed by atoms with E-state index >= 15 is 0 Å². The molecule has 18 atom stereocenters. The fraction of sp³-hybridized carbons (Fsp3) is 0.953. The van der Waals surface area contributed by atoms with Crippen LogP contribution in [-0.4, -0.2) is 37.6 Å². The van der Waals surface area contributed by atoms with Gasteiger partial charge in [-0.25, -0.2) is 0 Å². The van der Waals surface area contributed by atoms with Gasteiger partial charge in [0, 0.05) is 14.2 Å². The van der Waals surface area contributed by atoms with Gasteiger partial charge in [-0.15, -0.1) is 0 Å². The molecule has 0 unspecified atom stereocenters. The first-order valence-electron chi connectivity index (χ1n) is 20.4. The van der Waals surface area contributed by atoms with Crippen molar-refractivity contribution in [1.29, 1.82) is 10.5 Å². The zero-order valence-electron chi connectivity index (χ0n) is 31.6. The van der Waals surface area contributed by atoms with Crippen LogP contribution in [0.2, 0.25) is 0 Å². The Kier molecular flexibility index (Phi) is 9.42. The number of fused-ring (bicyclic) bond motifs is 10. The number of nitrogens with zero attached hydrogens (tertiary/aromatic N) is 2. The largest absolute Gasteiger partial charge is 0.390 e. The number of nitriles is 2. The van der Waals surface area contributed by atoms with Crippen LogP contribution in [0.15, 0.2) is 0 Å². The minimum atomic E-state index is -0.284. The maximum Gasteiger partial charge on any atom is 0.0835 e. The standard InChI is InChI=1S/C22H35NO.C21H33NO2/c1-14-11-15-5-7-17-18-8-6-16(13-23)21(18,2)10-9-19(17)22(15,3)12-20(14)24-4;1-20-9-8-17-15(16(20)7-5-14(20)12-22)6-4-13-10-18(23)19(24-3)11-21(13,17)2/h14-20H,5-12H2,1-4H3;13-19,23H,4-11H2,1-3H3/t14-,15-,16+,17-,18-,19-,20+,21+,22-;13-,14+,15-,16-,17-,18-,19+,20+,21-/m00/s1. The second kappa shape index (κ2) is 12.8. The van der Waals surface area contributed by atoms with Crippen LogP contribution in [-0.2, 0) is 9.47 Å². The van der Waals surface area contributed by atoms with Crippen molar-refractivity contribution >= 4 is 0 Å². The van der Waals surface area contributed by atoms with Crippen LogP contribution < -0.4 is 0 Å². The molecule has 8 rings (SSSR count). The molecule has 0 saturated heterocycles. The van der Waals surface area contributed by atoms with Gasteiger partial charge in [-0.3, -0.25) is 0 Å². The molecule has 8 aliphatic rings. The van der Waals surface area contributed by atoms with Crippen molar-refractivity contribution < 1.29 is 14.6 Å². The molecule has 0 aromatic heterocycles. The van der Waals surface area contributed by atoms with Crippen molar-refractivity contribution in [2.24, 2.45) is 86.8 Å². The van der Waals surface area contributed by atoms with Crippen LogP contribution in [0.25, 0.3) is 0 Å². The minimum absolute atomic E-state index is 0.00810. The number of ether oxygens (including phenoxy) is 2. The molecule has 0 bridgehead atoms. The summed E-state index contributed by atoms with van der Waals surface area (Å²) in [4.78, 5) is 0. The van der Waals surface area contributed by atoms with E-state index in [1.54, 1.807) is 7.11 Å². The van der Waals surface area contributed by atoms with Gasteiger partial charge in [-0.05, 0) is 178 Å². The molecule has 8 fully saturated rings. The maximum atomic E-state index is 10.4. The van der Waals surface area contributed by atoms with Gasteiger partial charge in [0.25, 0.3) is 0 Å². The van der Waals surface area contributed by atoms with Gasteiger partial charge >= 0.3 is 0 Å². The Hall–Kier alpha value is -1.14. The van der Waals surface area contributed by atoms with Gasteiger partial charge in [0.2, 0.25) is 0 Å². The van der Waals surface area contributed by atoms with E-state index in [4.69, 9.17) is 9.47 Å². The highest BCUT2D eigenvalue weighted by atomic mass is 16.5. The lowest BCUT2D eigenvalue weighted by Crippen LogP contribution is -2.56. The predicted octanol–water partition coefficient (Wildman–Crippen LogP) is 9.58. The zero-order valence-corrected chi connectivity index (χ0v) is 31.6. The molecule has 0 heterocycles. The molecule has 0 aliphatic heterocycles. The fourth-order valence-corrected chi connectivity index (χ4v) is 15.7. The van der Waals surface area contributed by atoms with Gasteiger partial charge in [0.05, 0.1) is 42.3 Å². The molecular weight excluding hydrogens is 592 g/mol. The van der Waals surface area contributed by atoms with Crippen molar-refractivity contribution in [3.63, 3.8) is 0 Å². The normalized spacial score (nSPS) is 56.7. The lowest BCUT2D eigenvalue weighted by molar-refractivity contribution is -0.164. The van der Waals surface area contributed by atoms with Gasteiger partial charge in [0.1, 0.15) is 0 Å². The van der Waals surface area contributed by atoms with E-state index in [1.165, 1.54) is 77.0 Å². The van der Waals surface area contributed by atoms with E-state index in [0.717, 1.165) is 67.1 Å². The van der Waals surface area contributed by atoms with Crippen LogP contribution in [0.5, 0.6) is 0 Å². The van der Waals surface area contributed by atoms with Gasteiger partial charge in [0.15, 0.2) is 0 Å². The summed E-state index contributed by atoms with van der Waals surface area (Å²) in [6, 6.07) is 5.30. The summed E-state index contributed by atoms with van der Waals surface area (Å²) < 4.78 is 11.5. The molecule has 0 aromatic carbocycles. The summed E-state index contributed by atoms with van der Waals surface area (Å²) in [6.07, 6.45) is 20.1. The number of rotatable bonds is 2. The smallest absolute Gasteiger partial charge is 0.0835 e. The first-order chi connectivity index (χ1) is 22.9. The van der Waals surface area contributed by atoms with Crippen LogP contribution >= 0.6 is 0 Å². The molecule has 5 heteroatoms. The SMILES string of the molecule is CO[C@@H]1C[C@@]2(C)[C@@H](CC[C@@H]3[C@@H]2CC[C@]2(C)[C@@H](C#N)CC[C@@H]32)C[C@@H]1C.CO[C@@H]1C[C@@]2(C)[C@@H](CC[C@@H]3[C@@H]2CC[C@]2(C)[C@@H](C#N)CC[C@@H]32)C[C@@H]1O. The molecule has 0 spiro atoms. The molecule has 0 aromatic rings. The molecule has 5 nitrogen and oxygen atoms in total. The van der Waals surface area contributed by atoms with Crippen LogP contribution in [0.3, 0.4) is 0 Å². The average molecular weight is 661 g/mol. The topological polar surface area (TPSA) is 86.3 Å². The number of hydrogen-bond acceptors (Lipinski definition) is 5. The van der Waals surface area contributed by atoms with Crippen molar-refractivity contribution in [2.45, 2.75) is 156 Å². The molecule has 0 amide bonds. The Labute approximate surface area is 293 Å². The third kappa shape index (κ3) is 5.20. The third-order valence-electron chi connectivity index (χ3n) is 18.6. The lowest BCUT2D eigenvalue weighted by Gasteiger charge is -2.61. The van der Waals surface area contributed by atoms with Crippen LogP contribution in [0.4, 0.5) is 0 Å². The van der Waals surface area contributed by atoms with Gasteiger partial charge in [-0.1, -0.05) is 34.6 Å². The third-order valence-corrected chi connectivity index (χ3v) is 18.6. The fourth-order valence-electron chi connectivity index (χ4n) is 15.7. The number of aliphatic hydroxyl groups excluding tert-OH is 1. The van der Waals surface area contributed by atoms with Crippen molar-refractivity contribution in [3.05, 3.63) is 0 Å². The Morgan fingerprint density at radius 1 is 0.562 bits per heavy atom. The molecule has 268 valence electrons. The second-order valence-electron chi connectivity index (χ2n) is 19.9. The summed E-state index contributed by atoms with van der Waals surface area (Å²) in [7, 11) is 3.67. The van der Waals surface area contributed by atoms with Gasteiger partial charge in [-0.2, -0.15) is 10.5 Å². The minimum Gasteiger partial charge on any atom is -0.390 e. The number of aliphatic hydroxyl groups is 1. The van der Waals surface area contributed by atoms with E-state index in [9.17, 15) is 15.6 Å². The lowest BCUT2D eigenvalue weighted by atomic mass is 9.44. The summed E-state index contributed by atoms with van der Waals surface area (Å²) in [5.41, 5.74) is 1.35. The predicted molar refractivity (Wildman–Crippen MR) is 189 cm³/mol. The Morgan fingerprint density at radius 3 is 1.46 bits per heavy atom. The summed E-state index contributed by atoms with van der Waals surface area (Å²) >= 11 is 0. The molecule has 8 saturated carbocycles. The van der Waals surface area contributed by atoms with Crippen LogP contribution in [0, 0.1) is 109 Å². The first-order valence-corrected chi connectivity index (χ1v) is 20.4. The summed E-state index contributed by atoms with van der Waals surface area (Å²) in [5, 5.41) is 29.7. The summed E-state index contributed by atoms with van der Waals surface area (Å²) in [5.74, 6) is 7.69. The van der Waals surface area contributed by atoms with Crippen molar-refractivity contribution in [2.75, 3.05) is 14.2 Å². The summed E-state index contributed by atoms with van der Waals surface area (Å²) in [6.45, 7) is 12.3. The van der Waals surface area contributed by atoms with Crippen molar-refractivity contribution in [3.8, 4) is 12.1 Å². The van der Waals surface area contributed by atoms with E-state index in [1.807, 2.05) is 7.11 Å². The van der Waals surface area contributed by atoms with E-state index < -0.39 is 0 Å². The quantitative estimate of drug-likeness (QED) is 0.319. The average Bonchev–Trinajstić information content (AvgIpc) is 3.60. The molecule has 0 radical (unpaired) electrons. The van der Waals surface area contributed by atoms with E-state index in [0.29, 0.717) is 40.1 Å². The molecule has 48 heavy (non-hydrogen) atoms. The monoisotopic (exact) mass is 661 g/mol. The Morgan fingerprint density at radius 2 is 1.00 bits per heavy atom. The highest BCUT2D eigenvalue weighted by molar-refractivity contribution is 5.15. The molecule has 8 aliphatic carbocycles. The van der Waals surface area contributed by atoms with E-state index in [2.05, 4.69) is 46.8 Å². The highest BCUT2D eigenvalue weighted by Crippen LogP contribution is 2.69. The number of hydrogen-bond donors (Lipinski definition) is 1. The van der Waals surface area contributed by atoms with Gasteiger partial charge < -0.3 is 14.6 Å². The van der Waals surface area contributed by atoms with E-state index in [-0.39, 0.29) is 23.5 Å². The van der Waals surface area contributed by atoms with Crippen LogP contribution in [0.1, 0.15) is 137 Å². The molecular formula is C43H68N2O3. The van der Waals surface area contributed by atoms with Crippen molar-refractivity contribution in [1.82, 2.24) is 0 Å². The number of methoxy groups -OCH3 is 2. The Balaban J connectivity index is 0.000000152. The Bertz CT molecular complexity index is 1180. The second-order valence-corrected chi connectivity index (χ2v) is 19.9. The first kappa shape index (κ1) is 35.3. The zero-order chi connectivity index (χ0) is 34.2.